The van der Waals surface area contributed by atoms with Crippen LogP contribution in [0.5, 0.6) is 0 Å². The minimum atomic E-state index is -3.64. The first kappa shape index (κ1) is 20.3. The van der Waals surface area contributed by atoms with Gasteiger partial charge in [0, 0.05) is 7.05 Å². The van der Waals surface area contributed by atoms with Crippen molar-refractivity contribution < 1.29 is 13.2 Å². The van der Waals surface area contributed by atoms with Gasteiger partial charge in [0.1, 0.15) is 4.21 Å². The Hall–Kier alpha value is -2.48. The zero-order chi connectivity index (χ0) is 20.1. The third-order valence-corrected chi connectivity index (χ3v) is 7.60. The molecule has 0 radical (unpaired) electrons. The summed E-state index contributed by atoms with van der Waals surface area (Å²) in [7, 11) is -2.23. The molecule has 0 saturated heterocycles. The van der Waals surface area contributed by atoms with Gasteiger partial charge >= 0.3 is 0 Å². The lowest BCUT2D eigenvalue weighted by Gasteiger charge is -2.19. The largest absolute Gasteiger partial charge is 0.348 e. The van der Waals surface area contributed by atoms with Crippen LogP contribution in [-0.2, 0) is 14.8 Å². The molecule has 146 valence electrons. The molecule has 5 nitrogen and oxygen atoms in total. The van der Waals surface area contributed by atoms with E-state index in [4.69, 9.17) is 0 Å². The molecule has 3 rings (SSSR count). The smallest absolute Gasteiger partial charge is 0.252 e. The number of nitrogens with one attached hydrogen (secondary N) is 1. The van der Waals surface area contributed by atoms with Gasteiger partial charge in [0.2, 0.25) is 5.91 Å². The van der Waals surface area contributed by atoms with Crippen LogP contribution >= 0.6 is 11.3 Å². The maximum atomic E-state index is 12.4. The molecular formula is C21H22N2O3S2. The van der Waals surface area contributed by atoms with Crippen LogP contribution in [0.4, 0.5) is 0 Å². The molecule has 0 fully saturated rings. The van der Waals surface area contributed by atoms with Crippen LogP contribution in [0.15, 0.2) is 76.3 Å². The summed E-state index contributed by atoms with van der Waals surface area (Å²) < 4.78 is 26.1. The molecule has 0 spiro atoms. The van der Waals surface area contributed by atoms with E-state index in [0.29, 0.717) is 0 Å². The van der Waals surface area contributed by atoms with Crippen LogP contribution in [0, 0.1) is 0 Å². The second kappa shape index (κ2) is 8.68. The fourth-order valence-corrected chi connectivity index (χ4v) is 5.14. The van der Waals surface area contributed by atoms with Crippen LogP contribution in [-0.4, -0.2) is 32.2 Å². The normalized spacial score (nSPS) is 12.7. The van der Waals surface area contributed by atoms with Crippen molar-refractivity contribution in [3.63, 3.8) is 0 Å². The maximum Gasteiger partial charge on any atom is 0.252 e. The zero-order valence-corrected chi connectivity index (χ0v) is 17.3. The van der Waals surface area contributed by atoms with Crippen molar-refractivity contribution in [2.24, 2.45) is 0 Å². The summed E-state index contributed by atoms with van der Waals surface area (Å²) in [5.74, 6) is -0.345. The first-order valence-corrected chi connectivity index (χ1v) is 11.1. The summed E-state index contributed by atoms with van der Waals surface area (Å²) in [6.45, 7) is 1.65. The third kappa shape index (κ3) is 4.67. The van der Waals surface area contributed by atoms with Gasteiger partial charge in [-0.3, -0.25) is 4.79 Å². The molecule has 1 N–H and O–H groups in total. The number of rotatable bonds is 7. The number of carbonyl (C=O) groups excluding carboxylic acids is 1. The second-order valence-corrected chi connectivity index (χ2v) is 9.69. The van der Waals surface area contributed by atoms with E-state index in [9.17, 15) is 13.2 Å². The quantitative estimate of drug-likeness (QED) is 0.637. The molecule has 0 aliphatic heterocycles. The topological polar surface area (TPSA) is 66.5 Å². The number of hydrogen-bond acceptors (Lipinski definition) is 4. The first-order valence-electron chi connectivity index (χ1n) is 8.82. The highest BCUT2D eigenvalue weighted by molar-refractivity contribution is 7.91. The minimum Gasteiger partial charge on any atom is -0.348 e. The van der Waals surface area contributed by atoms with Crippen molar-refractivity contribution >= 4 is 27.3 Å². The first-order chi connectivity index (χ1) is 13.4. The zero-order valence-electron chi connectivity index (χ0n) is 15.7. The molecule has 3 aromatic rings. The van der Waals surface area contributed by atoms with Gasteiger partial charge in [0.05, 0.1) is 12.6 Å². The highest BCUT2D eigenvalue weighted by Gasteiger charge is 2.24. The van der Waals surface area contributed by atoms with Crippen molar-refractivity contribution in [2.75, 3.05) is 13.6 Å². The van der Waals surface area contributed by atoms with Crippen LogP contribution in [0.25, 0.3) is 11.1 Å². The Morgan fingerprint density at radius 2 is 1.64 bits per heavy atom. The van der Waals surface area contributed by atoms with Gasteiger partial charge in [-0.05, 0) is 35.1 Å². The van der Waals surface area contributed by atoms with Crippen molar-refractivity contribution in [1.82, 2.24) is 9.62 Å². The highest BCUT2D eigenvalue weighted by Crippen LogP contribution is 2.22. The Morgan fingerprint density at radius 3 is 2.25 bits per heavy atom. The summed E-state index contributed by atoms with van der Waals surface area (Å²) >= 11 is 1.13. The molecule has 7 heteroatoms. The van der Waals surface area contributed by atoms with Gasteiger partial charge < -0.3 is 5.32 Å². The number of hydrogen-bond donors (Lipinski definition) is 1. The molecule has 0 aliphatic rings. The van der Waals surface area contributed by atoms with Gasteiger partial charge in [0.25, 0.3) is 10.0 Å². The average molecular weight is 415 g/mol. The van der Waals surface area contributed by atoms with Crippen molar-refractivity contribution in [3.05, 3.63) is 77.7 Å². The van der Waals surface area contributed by atoms with Crippen molar-refractivity contribution in [1.29, 1.82) is 0 Å². The summed E-state index contributed by atoms with van der Waals surface area (Å²) in [6.07, 6.45) is 0. The molecule has 1 aromatic heterocycles. The number of sulfonamides is 1. The number of amides is 1. The monoisotopic (exact) mass is 414 g/mol. The number of carbonyl (C=O) groups is 1. The maximum absolute atomic E-state index is 12.4. The van der Waals surface area contributed by atoms with Crippen molar-refractivity contribution in [3.8, 4) is 11.1 Å². The van der Waals surface area contributed by atoms with Crippen molar-refractivity contribution in [2.45, 2.75) is 17.2 Å². The van der Waals surface area contributed by atoms with E-state index >= 15 is 0 Å². The lowest BCUT2D eigenvalue weighted by atomic mass is 10.0. The molecule has 0 unspecified atom stereocenters. The van der Waals surface area contributed by atoms with Gasteiger partial charge in [-0.1, -0.05) is 60.7 Å². The van der Waals surface area contributed by atoms with Crippen LogP contribution in [0.1, 0.15) is 18.5 Å². The van der Waals surface area contributed by atoms with Crippen LogP contribution in [0.3, 0.4) is 0 Å². The fourth-order valence-electron chi connectivity index (χ4n) is 2.82. The number of benzene rings is 2. The summed E-state index contributed by atoms with van der Waals surface area (Å²) in [5, 5.41) is 4.56. The van der Waals surface area contributed by atoms with Gasteiger partial charge in [-0.15, -0.1) is 11.3 Å². The Bertz CT molecular complexity index is 1020. The molecule has 1 atom stereocenters. The van der Waals surface area contributed by atoms with Gasteiger partial charge in [0.15, 0.2) is 0 Å². The predicted molar refractivity (Wildman–Crippen MR) is 113 cm³/mol. The Labute approximate surface area is 169 Å². The van der Waals surface area contributed by atoms with E-state index in [2.05, 4.69) is 5.32 Å². The molecule has 2 aromatic carbocycles. The van der Waals surface area contributed by atoms with E-state index in [1.165, 1.54) is 13.1 Å². The van der Waals surface area contributed by atoms with E-state index in [1.807, 2.05) is 61.5 Å². The number of likely N-dealkylation sites (N-methyl/N-ethyl adjacent to an activating group) is 1. The van der Waals surface area contributed by atoms with Crippen LogP contribution in [0.2, 0.25) is 0 Å². The molecule has 28 heavy (non-hydrogen) atoms. The predicted octanol–water partition coefficient (Wildman–Crippen LogP) is 3.91. The lowest BCUT2D eigenvalue weighted by Crippen LogP contribution is -2.39. The Kier molecular flexibility index (Phi) is 6.28. The molecule has 1 amide bonds. The lowest BCUT2D eigenvalue weighted by molar-refractivity contribution is -0.121. The molecule has 0 aliphatic carbocycles. The summed E-state index contributed by atoms with van der Waals surface area (Å²) in [5.41, 5.74) is 3.19. The van der Waals surface area contributed by atoms with E-state index in [1.54, 1.807) is 11.4 Å². The summed E-state index contributed by atoms with van der Waals surface area (Å²) in [4.78, 5) is 12.3. The molecule has 0 saturated carbocycles. The number of thiophene rings is 1. The highest BCUT2D eigenvalue weighted by atomic mass is 32.2. The van der Waals surface area contributed by atoms with E-state index < -0.39 is 10.0 Å². The number of nitrogens with zero attached hydrogens (tertiary/aromatic N) is 1. The third-order valence-electron chi connectivity index (χ3n) is 4.42. The van der Waals surface area contributed by atoms with Gasteiger partial charge in [-0.25, -0.2) is 8.42 Å². The second-order valence-electron chi connectivity index (χ2n) is 6.47. The minimum absolute atomic E-state index is 0.227. The fraction of sp³-hybridized carbons (Fsp3) is 0.190. The van der Waals surface area contributed by atoms with E-state index in [0.717, 1.165) is 32.3 Å². The standard InChI is InChI=1S/C21H22N2O3S2/c1-16(17-10-12-19(13-11-17)18-7-4-3-5-8-18)22-20(24)15-23(2)28(25,26)21-9-6-14-27-21/h3-14,16H,15H2,1-2H3,(H,22,24)/t16-/m0/s1. The SMILES string of the molecule is C[C@H](NC(=O)CN(C)S(=O)(=O)c1cccs1)c1ccc(-c2ccccc2)cc1. The average Bonchev–Trinajstić information content (AvgIpc) is 3.24. The summed E-state index contributed by atoms with van der Waals surface area (Å²) in [6, 6.07) is 21.0. The molecular weight excluding hydrogens is 392 g/mol. The Morgan fingerprint density at radius 1 is 1.00 bits per heavy atom. The van der Waals surface area contributed by atoms with Crippen LogP contribution < -0.4 is 5.32 Å². The molecule has 1 heterocycles. The van der Waals surface area contributed by atoms with Gasteiger partial charge in [-0.2, -0.15) is 4.31 Å². The van der Waals surface area contributed by atoms with E-state index in [-0.39, 0.29) is 22.7 Å². The Balaban J connectivity index is 1.61. The molecule has 0 bridgehead atoms.